The predicted molar refractivity (Wildman–Crippen MR) is 141 cm³/mol. The van der Waals surface area contributed by atoms with Gasteiger partial charge in [-0.15, -0.1) is 0 Å². The highest BCUT2D eigenvalue weighted by Gasteiger charge is 2.43. The van der Waals surface area contributed by atoms with Gasteiger partial charge in [0.2, 0.25) is 5.91 Å². The number of rotatable bonds is 5. The fraction of sp³-hybridized carbons (Fsp3) is 0.185. The maximum Gasteiger partial charge on any atom is 0.261 e. The van der Waals surface area contributed by atoms with E-state index < -0.39 is 5.41 Å². The van der Waals surface area contributed by atoms with E-state index in [0.717, 1.165) is 33.7 Å². The first-order valence-electron chi connectivity index (χ1n) is 11.8. The Bertz CT molecular complexity index is 1680. The normalized spacial score (nSPS) is 14.4. The fourth-order valence-corrected chi connectivity index (χ4v) is 4.92. The number of H-pyrrole nitrogens is 3. The van der Waals surface area contributed by atoms with Crippen molar-refractivity contribution in [1.82, 2.24) is 25.1 Å². The molecule has 0 saturated carbocycles. The van der Waals surface area contributed by atoms with Gasteiger partial charge < -0.3 is 20.2 Å². The molecule has 180 valence electrons. The van der Waals surface area contributed by atoms with E-state index in [1.54, 1.807) is 17.3 Å². The quantitative estimate of drug-likeness (QED) is 0.291. The van der Waals surface area contributed by atoms with Gasteiger partial charge in [-0.05, 0) is 62.7 Å². The van der Waals surface area contributed by atoms with Crippen molar-refractivity contribution in [2.24, 2.45) is 0 Å². The third-order valence-corrected chi connectivity index (χ3v) is 6.81. The molecule has 6 rings (SSSR count). The van der Waals surface area contributed by atoms with Crippen LogP contribution in [0, 0.1) is 0 Å². The Kier molecular flexibility index (Phi) is 4.82. The molecule has 9 heteroatoms. The van der Waals surface area contributed by atoms with Gasteiger partial charge in [-0.25, -0.2) is 4.98 Å². The molecular formula is C27H25N7O2. The van der Waals surface area contributed by atoms with Crippen LogP contribution in [-0.2, 0) is 10.2 Å². The third kappa shape index (κ3) is 3.31. The molecule has 5 aromatic rings. The third-order valence-electron chi connectivity index (χ3n) is 6.81. The lowest BCUT2D eigenvalue weighted by atomic mass is 9.86. The van der Waals surface area contributed by atoms with E-state index in [4.69, 9.17) is 4.98 Å². The van der Waals surface area contributed by atoms with E-state index in [1.807, 2.05) is 69.3 Å². The van der Waals surface area contributed by atoms with E-state index in [-0.39, 0.29) is 11.5 Å². The van der Waals surface area contributed by atoms with Crippen molar-refractivity contribution < 1.29 is 4.79 Å². The summed E-state index contributed by atoms with van der Waals surface area (Å²) < 4.78 is 0. The number of nitrogens with one attached hydrogen (secondary N) is 4. The summed E-state index contributed by atoms with van der Waals surface area (Å²) in [4.78, 5) is 38.5. The number of aromatic amines is 3. The van der Waals surface area contributed by atoms with Gasteiger partial charge in [0.05, 0.1) is 33.5 Å². The maximum atomic E-state index is 13.0. The summed E-state index contributed by atoms with van der Waals surface area (Å²) in [5.74, 6) is 0.533. The highest BCUT2D eigenvalue weighted by Crippen LogP contribution is 2.43. The summed E-state index contributed by atoms with van der Waals surface area (Å²) in [6.07, 6.45) is 3.32. The van der Waals surface area contributed by atoms with Gasteiger partial charge in [0.1, 0.15) is 11.4 Å². The van der Waals surface area contributed by atoms with Crippen LogP contribution in [0.3, 0.4) is 0 Å². The number of pyridine rings is 1. The summed E-state index contributed by atoms with van der Waals surface area (Å²) in [6, 6.07) is 15.5. The number of carbonyl (C=O) groups is 1. The van der Waals surface area contributed by atoms with Crippen molar-refractivity contribution in [1.29, 1.82) is 0 Å². The zero-order chi connectivity index (χ0) is 25.0. The van der Waals surface area contributed by atoms with Crippen molar-refractivity contribution in [2.75, 3.05) is 16.8 Å². The molecule has 4 N–H and O–H groups in total. The first kappa shape index (κ1) is 21.8. The smallest absolute Gasteiger partial charge is 0.261 e. The molecule has 0 spiro atoms. The van der Waals surface area contributed by atoms with Crippen molar-refractivity contribution >= 4 is 34.0 Å². The lowest BCUT2D eigenvalue weighted by Crippen LogP contribution is -2.35. The topological polar surface area (TPSA) is 123 Å². The molecular weight excluding hydrogens is 454 g/mol. The van der Waals surface area contributed by atoms with Gasteiger partial charge in [-0.2, -0.15) is 5.10 Å². The number of hydrogen-bond donors (Lipinski definition) is 4. The van der Waals surface area contributed by atoms with Crippen molar-refractivity contribution in [3.05, 3.63) is 76.8 Å². The number of hydrogen-bond acceptors (Lipinski definition) is 5. The Morgan fingerprint density at radius 2 is 1.94 bits per heavy atom. The molecule has 1 aliphatic heterocycles. The fourth-order valence-electron chi connectivity index (χ4n) is 4.92. The van der Waals surface area contributed by atoms with Crippen LogP contribution in [0.2, 0.25) is 0 Å². The van der Waals surface area contributed by atoms with E-state index in [9.17, 15) is 9.59 Å². The van der Waals surface area contributed by atoms with Crippen LogP contribution < -0.4 is 15.8 Å². The number of nitrogens with zero attached hydrogens (tertiary/aromatic N) is 3. The molecule has 0 saturated heterocycles. The Labute approximate surface area is 206 Å². The maximum absolute atomic E-state index is 13.0. The van der Waals surface area contributed by atoms with E-state index in [1.165, 1.54) is 0 Å². The average molecular weight is 480 g/mol. The minimum atomic E-state index is -0.624. The van der Waals surface area contributed by atoms with Crippen molar-refractivity contribution in [2.45, 2.75) is 26.2 Å². The lowest BCUT2D eigenvalue weighted by Gasteiger charge is -2.18. The van der Waals surface area contributed by atoms with E-state index in [2.05, 4.69) is 25.5 Å². The number of amides is 1. The lowest BCUT2D eigenvalue weighted by molar-refractivity contribution is -0.122. The molecule has 0 aliphatic carbocycles. The van der Waals surface area contributed by atoms with Crippen LogP contribution in [0.15, 0.2) is 65.7 Å². The first-order chi connectivity index (χ1) is 17.4. The number of imidazole rings is 1. The summed E-state index contributed by atoms with van der Waals surface area (Å²) in [7, 11) is 0. The first-order valence-corrected chi connectivity index (χ1v) is 11.8. The summed E-state index contributed by atoms with van der Waals surface area (Å²) in [6.45, 7) is 6.43. The number of carbonyl (C=O) groups excluding carboxylic acids is 1. The molecule has 0 fully saturated rings. The van der Waals surface area contributed by atoms with E-state index in [0.29, 0.717) is 29.1 Å². The molecule has 0 unspecified atom stereocenters. The number of aromatic nitrogens is 5. The molecule has 1 amide bonds. The van der Waals surface area contributed by atoms with Gasteiger partial charge in [-0.1, -0.05) is 12.1 Å². The standard InChI is InChI=1S/C27H25N7O2/c1-4-34-22-14-21-20(13-17(22)27(2,3)26(34)36)31-24(32-21)23-19(8-10-28-25(23)35)30-16-7-5-6-15(12-16)18-9-11-29-33-18/h5-14H,4H2,1-3H3,(H,29,33)(H,31,32)(H2,28,30,35). The average Bonchev–Trinajstić information content (AvgIpc) is 3.57. The summed E-state index contributed by atoms with van der Waals surface area (Å²) in [5, 5.41) is 10.4. The van der Waals surface area contributed by atoms with Gasteiger partial charge in [-0.3, -0.25) is 14.7 Å². The Morgan fingerprint density at radius 1 is 1.08 bits per heavy atom. The van der Waals surface area contributed by atoms with Crippen LogP contribution in [0.25, 0.3) is 33.7 Å². The van der Waals surface area contributed by atoms with Crippen LogP contribution in [0.1, 0.15) is 26.3 Å². The molecule has 9 nitrogen and oxygen atoms in total. The van der Waals surface area contributed by atoms with E-state index >= 15 is 0 Å². The zero-order valence-electron chi connectivity index (χ0n) is 20.1. The Balaban J connectivity index is 1.43. The molecule has 0 bridgehead atoms. The molecule has 3 aromatic heterocycles. The second-order valence-electron chi connectivity index (χ2n) is 9.42. The molecule has 4 heterocycles. The number of benzene rings is 2. The zero-order valence-corrected chi connectivity index (χ0v) is 20.1. The van der Waals surface area contributed by atoms with Gasteiger partial charge in [0.25, 0.3) is 5.56 Å². The number of anilines is 3. The summed E-state index contributed by atoms with van der Waals surface area (Å²) >= 11 is 0. The SMILES string of the molecule is CCN1C(=O)C(C)(C)c2cc3[nH]c(-c4c(Nc5cccc(-c6ccn[nH]6)c5)cc[nH]c4=O)nc3cc21. The number of likely N-dealkylation sites (N-methyl/N-ethyl adjacent to an activating group) is 1. The largest absolute Gasteiger partial charge is 0.355 e. The van der Waals surface area contributed by atoms with Crippen LogP contribution in [-0.4, -0.2) is 37.6 Å². The second kappa shape index (κ2) is 7.94. The van der Waals surface area contributed by atoms with Crippen LogP contribution in [0.5, 0.6) is 0 Å². The molecule has 0 atom stereocenters. The Morgan fingerprint density at radius 3 is 2.72 bits per heavy atom. The monoisotopic (exact) mass is 479 g/mol. The molecule has 1 aliphatic rings. The second-order valence-corrected chi connectivity index (χ2v) is 9.42. The van der Waals surface area contributed by atoms with Gasteiger partial charge >= 0.3 is 0 Å². The van der Waals surface area contributed by atoms with Crippen LogP contribution in [0.4, 0.5) is 17.1 Å². The molecule has 0 radical (unpaired) electrons. The molecule has 2 aromatic carbocycles. The molecule has 36 heavy (non-hydrogen) atoms. The van der Waals surface area contributed by atoms with Gasteiger partial charge in [0, 0.05) is 30.2 Å². The summed E-state index contributed by atoms with van der Waals surface area (Å²) in [5.41, 5.74) is 6.13. The number of fused-ring (bicyclic) bond motifs is 2. The van der Waals surface area contributed by atoms with Crippen LogP contribution >= 0.6 is 0 Å². The van der Waals surface area contributed by atoms with Crippen molar-refractivity contribution in [3.8, 4) is 22.6 Å². The highest BCUT2D eigenvalue weighted by atomic mass is 16.2. The Hall–Kier alpha value is -4.66. The minimum Gasteiger partial charge on any atom is -0.355 e. The van der Waals surface area contributed by atoms with Crippen molar-refractivity contribution in [3.63, 3.8) is 0 Å². The minimum absolute atomic E-state index is 0.0798. The van der Waals surface area contributed by atoms with Gasteiger partial charge in [0.15, 0.2) is 0 Å². The highest BCUT2D eigenvalue weighted by molar-refractivity contribution is 6.09. The predicted octanol–water partition coefficient (Wildman–Crippen LogP) is 4.70.